The number of hydrogen-bond donors (Lipinski definition) is 1. The molecular formula is C25H32N2O3S. The van der Waals surface area contributed by atoms with Gasteiger partial charge in [-0.3, -0.25) is 9.10 Å². The molecule has 0 unspecified atom stereocenters. The fraction of sp³-hybridized carbons (Fsp3) is 0.400. The number of amides is 1. The number of aryl methyl sites for hydroxylation is 3. The van der Waals surface area contributed by atoms with Crippen LogP contribution in [0.15, 0.2) is 59.0 Å². The molecule has 5 nitrogen and oxygen atoms in total. The Morgan fingerprint density at radius 1 is 1.00 bits per heavy atom. The zero-order chi connectivity index (χ0) is 22.4. The van der Waals surface area contributed by atoms with Crippen LogP contribution < -0.4 is 9.62 Å². The summed E-state index contributed by atoms with van der Waals surface area (Å²) in [7, 11) is -3.89. The monoisotopic (exact) mass is 440 g/mol. The molecule has 2 aromatic carbocycles. The fourth-order valence-electron chi connectivity index (χ4n) is 3.81. The maximum atomic E-state index is 13.5. The van der Waals surface area contributed by atoms with Crippen LogP contribution in [-0.2, 0) is 14.8 Å². The Morgan fingerprint density at radius 3 is 2.39 bits per heavy atom. The molecule has 0 aliphatic heterocycles. The third-order valence-electron chi connectivity index (χ3n) is 5.68. The minimum atomic E-state index is -3.89. The van der Waals surface area contributed by atoms with Gasteiger partial charge in [-0.15, -0.1) is 0 Å². The van der Waals surface area contributed by atoms with Gasteiger partial charge >= 0.3 is 0 Å². The van der Waals surface area contributed by atoms with Crippen molar-refractivity contribution < 1.29 is 13.2 Å². The van der Waals surface area contributed by atoms with Crippen molar-refractivity contribution in [1.29, 1.82) is 0 Å². The van der Waals surface area contributed by atoms with Crippen LogP contribution in [0.5, 0.6) is 0 Å². The van der Waals surface area contributed by atoms with Crippen molar-refractivity contribution in [2.75, 3.05) is 17.4 Å². The van der Waals surface area contributed by atoms with Gasteiger partial charge in [0.1, 0.15) is 6.54 Å². The van der Waals surface area contributed by atoms with Crippen molar-refractivity contribution in [2.24, 2.45) is 0 Å². The number of allylic oxidation sites excluding steroid dienone is 1. The van der Waals surface area contributed by atoms with Gasteiger partial charge in [-0.2, -0.15) is 0 Å². The summed E-state index contributed by atoms with van der Waals surface area (Å²) in [5.74, 6) is -0.298. The molecule has 0 aromatic heterocycles. The first-order valence-electron chi connectivity index (χ1n) is 10.9. The maximum Gasteiger partial charge on any atom is 0.264 e. The largest absolute Gasteiger partial charge is 0.354 e. The van der Waals surface area contributed by atoms with E-state index in [1.165, 1.54) is 22.7 Å². The second-order valence-corrected chi connectivity index (χ2v) is 10.2. The van der Waals surface area contributed by atoms with Crippen molar-refractivity contribution in [2.45, 2.75) is 57.8 Å². The van der Waals surface area contributed by atoms with E-state index in [1.807, 2.05) is 39.0 Å². The first-order chi connectivity index (χ1) is 14.8. The standard InChI is InChI=1S/C25H32N2O3S/c1-19-10-13-23(14-11-19)31(29,30)27(24-17-20(2)9-12-21(24)3)18-25(28)26-16-15-22-7-5-4-6-8-22/h7,9-14,17H,4-6,8,15-16,18H2,1-3H3,(H,26,28). The number of anilines is 1. The summed E-state index contributed by atoms with van der Waals surface area (Å²) < 4.78 is 28.2. The van der Waals surface area contributed by atoms with E-state index in [9.17, 15) is 13.2 Å². The van der Waals surface area contributed by atoms with E-state index in [0.29, 0.717) is 12.2 Å². The molecule has 6 heteroatoms. The van der Waals surface area contributed by atoms with E-state index in [4.69, 9.17) is 0 Å². The summed E-state index contributed by atoms with van der Waals surface area (Å²) in [6, 6.07) is 12.4. The van der Waals surface area contributed by atoms with E-state index < -0.39 is 10.0 Å². The molecule has 31 heavy (non-hydrogen) atoms. The van der Waals surface area contributed by atoms with Crippen LogP contribution in [-0.4, -0.2) is 27.4 Å². The van der Waals surface area contributed by atoms with Gasteiger partial charge in [-0.1, -0.05) is 41.5 Å². The topological polar surface area (TPSA) is 66.5 Å². The number of hydrogen-bond acceptors (Lipinski definition) is 3. The smallest absolute Gasteiger partial charge is 0.264 e. The zero-order valence-corrected chi connectivity index (χ0v) is 19.5. The Bertz CT molecular complexity index is 1060. The van der Waals surface area contributed by atoms with Gasteiger partial charge in [0.15, 0.2) is 0 Å². The Hall–Kier alpha value is -2.60. The van der Waals surface area contributed by atoms with Crippen LogP contribution in [0.25, 0.3) is 0 Å². The molecule has 0 spiro atoms. The van der Waals surface area contributed by atoms with E-state index in [2.05, 4.69) is 11.4 Å². The second kappa shape index (κ2) is 10.1. The minimum Gasteiger partial charge on any atom is -0.354 e. The number of benzene rings is 2. The molecule has 0 saturated carbocycles. The molecule has 1 aliphatic carbocycles. The first-order valence-corrected chi connectivity index (χ1v) is 12.3. The summed E-state index contributed by atoms with van der Waals surface area (Å²) in [6.07, 6.45) is 7.72. The first kappa shape index (κ1) is 23.1. The highest BCUT2D eigenvalue weighted by molar-refractivity contribution is 7.92. The van der Waals surface area contributed by atoms with Crippen LogP contribution in [0.1, 0.15) is 48.8 Å². The summed E-state index contributed by atoms with van der Waals surface area (Å²) in [4.78, 5) is 12.9. The average molecular weight is 441 g/mol. The van der Waals surface area contributed by atoms with E-state index in [1.54, 1.807) is 24.3 Å². The molecule has 1 amide bonds. The minimum absolute atomic E-state index is 0.180. The van der Waals surface area contributed by atoms with Crippen LogP contribution in [0.4, 0.5) is 5.69 Å². The van der Waals surface area contributed by atoms with E-state index >= 15 is 0 Å². The molecule has 0 fully saturated rings. The van der Waals surface area contributed by atoms with E-state index in [-0.39, 0.29) is 17.3 Å². The Kier molecular flexibility index (Phi) is 7.55. The second-order valence-electron chi connectivity index (χ2n) is 8.32. The highest BCUT2D eigenvalue weighted by Crippen LogP contribution is 2.28. The lowest BCUT2D eigenvalue weighted by Crippen LogP contribution is -2.41. The van der Waals surface area contributed by atoms with Crippen molar-refractivity contribution >= 4 is 21.6 Å². The van der Waals surface area contributed by atoms with Crippen LogP contribution in [0.3, 0.4) is 0 Å². The van der Waals surface area contributed by atoms with Gasteiger partial charge in [0.05, 0.1) is 10.6 Å². The molecule has 0 radical (unpaired) electrons. The van der Waals surface area contributed by atoms with Gasteiger partial charge < -0.3 is 5.32 Å². The van der Waals surface area contributed by atoms with Gasteiger partial charge in [0, 0.05) is 6.54 Å². The Morgan fingerprint density at radius 2 is 1.71 bits per heavy atom. The Labute approximate surface area is 186 Å². The maximum absolute atomic E-state index is 13.5. The van der Waals surface area contributed by atoms with E-state index in [0.717, 1.165) is 36.0 Å². The predicted octanol–water partition coefficient (Wildman–Crippen LogP) is 4.81. The van der Waals surface area contributed by atoms with Gasteiger partial charge in [-0.25, -0.2) is 8.42 Å². The van der Waals surface area contributed by atoms with Gasteiger partial charge in [0.25, 0.3) is 10.0 Å². The zero-order valence-electron chi connectivity index (χ0n) is 18.6. The number of sulfonamides is 1. The number of nitrogens with zero attached hydrogens (tertiary/aromatic N) is 1. The lowest BCUT2D eigenvalue weighted by atomic mass is 9.97. The van der Waals surface area contributed by atoms with Gasteiger partial charge in [-0.05, 0) is 82.2 Å². The quantitative estimate of drug-likeness (QED) is 0.599. The molecule has 0 atom stereocenters. The molecular weight excluding hydrogens is 408 g/mol. The average Bonchev–Trinajstić information content (AvgIpc) is 2.75. The molecule has 1 aliphatic rings. The third-order valence-corrected chi connectivity index (χ3v) is 7.46. The third kappa shape index (κ3) is 5.97. The van der Waals surface area contributed by atoms with Crippen LogP contribution in [0, 0.1) is 20.8 Å². The van der Waals surface area contributed by atoms with Crippen molar-refractivity contribution in [3.63, 3.8) is 0 Å². The molecule has 1 N–H and O–H groups in total. The lowest BCUT2D eigenvalue weighted by Gasteiger charge is -2.26. The molecule has 0 bridgehead atoms. The molecule has 3 rings (SSSR count). The molecule has 0 saturated heterocycles. The lowest BCUT2D eigenvalue weighted by molar-refractivity contribution is -0.119. The normalized spacial score (nSPS) is 14.1. The fourth-order valence-corrected chi connectivity index (χ4v) is 5.28. The van der Waals surface area contributed by atoms with Crippen LogP contribution >= 0.6 is 0 Å². The highest BCUT2D eigenvalue weighted by atomic mass is 32.2. The SMILES string of the molecule is Cc1ccc(S(=O)(=O)N(CC(=O)NCCC2=CCCCC2)c2cc(C)ccc2C)cc1. The van der Waals surface area contributed by atoms with Crippen molar-refractivity contribution in [3.8, 4) is 0 Å². The number of rotatable bonds is 8. The molecule has 166 valence electrons. The van der Waals surface area contributed by atoms with Crippen LogP contribution in [0.2, 0.25) is 0 Å². The highest BCUT2D eigenvalue weighted by Gasteiger charge is 2.28. The molecule has 2 aromatic rings. The van der Waals surface area contributed by atoms with Crippen molar-refractivity contribution in [3.05, 3.63) is 70.8 Å². The number of carbonyl (C=O) groups is 1. The summed E-state index contributed by atoms with van der Waals surface area (Å²) in [5, 5.41) is 2.91. The van der Waals surface area contributed by atoms with Crippen molar-refractivity contribution in [1.82, 2.24) is 5.32 Å². The summed E-state index contributed by atoms with van der Waals surface area (Å²) in [6.45, 7) is 5.96. The van der Waals surface area contributed by atoms with Gasteiger partial charge in [0.2, 0.25) is 5.91 Å². The number of nitrogens with one attached hydrogen (secondary N) is 1. The predicted molar refractivity (Wildman–Crippen MR) is 126 cm³/mol. The number of carbonyl (C=O) groups excluding carboxylic acids is 1. The summed E-state index contributed by atoms with van der Waals surface area (Å²) in [5.41, 5.74) is 4.64. The Balaban J connectivity index is 1.82. The summed E-state index contributed by atoms with van der Waals surface area (Å²) >= 11 is 0. The molecule has 0 heterocycles.